The number of unbranched alkanes of at least 4 members (excludes halogenated alkanes) is 5. The van der Waals surface area contributed by atoms with Gasteiger partial charge in [0.25, 0.3) is 0 Å². The molecule has 0 saturated carbocycles. The van der Waals surface area contributed by atoms with Crippen molar-refractivity contribution in [1.82, 2.24) is 0 Å². The molecule has 1 atom stereocenters. The first-order valence-electron chi connectivity index (χ1n) is 10.4. The number of phosphoric ester groups is 1. The fraction of sp³-hybridized carbons (Fsp3) is 0.619. The van der Waals surface area contributed by atoms with Crippen molar-refractivity contribution in [3.05, 3.63) is 36.5 Å². The van der Waals surface area contributed by atoms with Gasteiger partial charge in [0.2, 0.25) is 0 Å². The van der Waals surface area contributed by atoms with Crippen LogP contribution in [0.5, 0.6) is 0 Å². The molecule has 9 heteroatoms. The van der Waals surface area contributed by atoms with Crippen LogP contribution in [0.4, 0.5) is 0 Å². The van der Waals surface area contributed by atoms with Gasteiger partial charge in [-0.3, -0.25) is 9.32 Å². The number of phosphoric acid groups is 1. The van der Waals surface area contributed by atoms with Gasteiger partial charge in [-0.2, -0.15) is 0 Å². The van der Waals surface area contributed by atoms with Crippen LogP contribution in [0.3, 0.4) is 0 Å². The minimum atomic E-state index is -4.72. The van der Waals surface area contributed by atoms with Gasteiger partial charge in [0.05, 0.1) is 6.61 Å². The first-order valence-corrected chi connectivity index (χ1v) is 11.9. The van der Waals surface area contributed by atoms with Gasteiger partial charge in [-0.15, -0.1) is 0 Å². The molecule has 0 aliphatic carbocycles. The van der Waals surface area contributed by atoms with Crippen molar-refractivity contribution in [2.45, 2.75) is 77.2 Å². The standard InChI is InChI=1S/C21H36NO7P/c1-2-3-4-5-6-7-8-9-10-11-12-13-14-15-16-17-20(23)29-21(24)19(22)18-28-30(25,26)27/h3-4,6-7,9-10,19H,2,5,8,11-18,22H2,1H3,(H2,25,26,27)/b4-3-,7-6-,10-9-/t19-/m0/s1. The zero-order chi connectivity index (χ0) is 22.7. The second kappa shape index (κ2) is 18.2. The summed E-state index contributed by atoms with van der Waals surface area (Å²) in [4.78, 5) is 40.2. The second-order valence-electron chi connectivity index (χ2n) is 6.79. The summed E-state index contributed by atoms with van der Waals surface area (Å²) >= 11 is 0. The Morgan fingerprint density at radius 2 is 1.50 bits per heavy atom. The summed E-state index contributed by atoms with van der Waals surface area (Å²) in [7, 11) is -4.72. The average molecular weight is 445 g/mol. The predicted octanol–water partition coefficient (Wildman–Crippen LogP) is 4.08. The molecule has 0 fully saturated rings. The van der Waals surface area contributed by atoms with Crippen LogP contribution in [0.2, 0.25) is 0 Å². The van der Waals surface area contributed by atoms with Crippen molar-refractivity contribution in [3.8, 4) is 0 Å². The highest BCUT2D eigenvalue weighted by Gasteiger charge is 2.23. The Morgan fingerprint density at radius 3 is 2.13 bits per heavy atom. The van der Waals surface area contributed by atoms with Crippen LogP contribution < -0.4 is 5.73 Å². The normalized spacial score (nSPS) is 13.5. The fourth-order valence-electron chi connectivity index (χ4n) is 2.37. The van der Waals surface area contributed by atoms with Crippen molar-refractivity contribution >= 4 is 19.8 Å². The lowest BCUT2D eigenvalue weighted by Crippen LogP contribution is -2.37. The summed E-state index contributed by atoms with van der Waals surface area (Å²) < 4.78 is 19.2. The Bertz CT molecular complexity index is 610. The van der Waals surface area contributed by atoms with E-state index in [-0.39, 0.29) is 6.42 Å². The van der Waals surface area contributed by atoms with Crippen LogP contribution in [0.1, 0.15) is 71.1 Å². The van der Waals surface area contributed by atoms with Crippen LogP contribution in [-0.2, 0) is 23.4 Å². The number of carbonyl (C=O) groups excluding carboxylic acids is 2. The number of hydrogen-bond acceptors (Lipinski definition) is 6. The highest BCUT2D eigenvalue weighted by molar-refractivity contribution is 7.46. The van der Waals surface area contributed by atoms with Gasteiger partial charge in [0.15, 0.2) is 0 Å². The SMILES string of the molecule is CC/C=C\C/C=C\C/C=C\CCCCCCCC(=O)OC(=O)[C@@H](N)COP(=O)(O)O. The predicted molar refractivity (Wildman–Crippen MR) is 116 cm³/mol. The number of esters is 2. The van der Waals surface area contributed by atoms with Gasteiger partial charge in [0.1, 0.15) is 6.04 Å². The lowest BCUT2D eigenvalue weighted by molar-refractivity contribution is -0.161. The molecule has 0 aromatic rings. The molecule has 30 heavy (non-hydrogen) atoms. The Balaban J connectivity index is 3.62. The lowest BCUT2D eigenvalue weighted by atomic mass is 10.1. The fourth-order valence-corrected chi connectivity index (χ4v) is 2.73. The van der Waals surface area contributed by atoms with E-state index in [2.05, 4.69) is 52.6 Å². The molecule has 0 heterocycles. The van der Waals surface area contributed by atoms with Crippen LogP contribution in [0, 0.1) is 0 Å². The molecular weight excluding hydrogens is 409 g/mol. The lowest BCUT2D eigenvalue weighted by Gasteiger charge is -2.11. The van der Waals surface area contributed by atoms with E-state index in [1.807, 2.05) is 0 Å². The quantitative estimate of drug-likeness (QED) is 0.100. The zero-order valence-electron chi connectivity index (χ0n) is 17.8. The van der Waals surface area contributed by atoms with Crippen LogP contribution >= 0.6 is 7.82 Å². The summed E-state index contributed by atoms with van der Waals surface area (Å²) in [6, 6.07) is -1.43. The van der Waals surface area contributed by atoms with Crippen molar-refractivity contribution in [2.75, 3.05) is 6.61 Å². The van der Waals surface area contributed by atoms with E-state index >= 15 is 0 Å². The smallest absolute Gasteiger partial charge is 0.392 e. The molecular formula is C21H36NO7P. The van der Waals surface area contributed by atoms with E-state index in [1.54, 1.807) is 0 Å². The molecule has 0 rings (SSSR count). The summed E-state index contributed by atoms with van der Waals surface area (Å²) in [5.74, 6) is -1.76. The molecule has 4 N–H and O–H groups in total. The third kappa shape index (κ3) is 19.7. The van der Waals surface area contributed by atoms with E-state index in [0.29, 0.717) is 6.42 Å². The minimum absolute atomic E-state index is 0.0947. The molecule has 0 aliphatic rings. The molecule has 0 radical (unpaired) electrons. The third-order valence-corrected chi connectivity index (χ3v) is 4.46. The number of nitrogens with two attached hydrogens (primary N) is 1. The number of hydrogen-bond donors (Lipinski definition) is 3. The van der Waals surface area contributed by atoms with Gasteiger partial charge < -0.3 is 20.3 Å². The number of rotatable bonds is 17. The van der Waals surface area contributed by atoms with Crippen LogP contribution in [-0.4, -0.2) is 34.4 Å². The monoisotopic (exact) mass is 445 g/mol. The van der Waals surface area contributed by atoms with Crippen molar-refractivity contribution < 1.29 is 33.2 Å². The number of ether oxygens (including phenoxy) is 1. The average Bonchev–Trinajstić information content (AvgIpc) is 2.68. The largest absolute Gasteiger partial charge is 0.469 e. The first-order chi connectivity index (χ1) is 14.3. The van der Waals surface area contributed by atoms with E-state index in [4.69, 9.17) is 15.5 Å². The molecule has 0 aromatic carbocycles. The minimum Gasteiger partial charge on any atom is -0.392 e. The maximum absolute atomic E-state index is 11.6. The Hall–Kier alpha value is -1.57. The second-order valence-corrected chi connectivity index (χ2v) is 8.03. The number of allylic oxidation sites excluding steroid dienone is 6. The highest BCUT2D eigenvalue weighted by Crippen LogP contribution is 2.35. The maximum Gasteiger partial charge on any atom is 0.469 e. The zero-order valence-corrected chi connectivity index (χ0v) is 18.7. The molecule has 0 amide bonds. The van der Waals surface area contributed by atoms with Crippen molar-refractivity contribution in [3.63, 3.8) is 0 Å². The molecule has 0 bridgehead atoms. The summed E-state index contributed by atoms with van der Waals surface area (Å²) in [6.45, 7) is 1.40. The van der Waals surface area contributed by atoms with Crippen molar-refractivity contribution in [1.29, 1.82) is 0 Å². The Kier molecular flexibility index (Phi) is 17.3. The molecule has 0 spiro atoms. The highest BCUT2D eigenvalue weighted by atomic mass is 31.2. The Morgan fingerprint density at radius 1 is 0.933 bits per heavy atom. The summed E-state index contributed by atoms with van der Waals surface area (Å²) in [5, 5.41) is 0. The summed E-state index contributed by atoms with van der Waals surface area (Å²) in [6.07, 6.45) is 21.8. The molecule has 172 valence electrons. The molecule has 0 saturated heterocycles. The van der Waals surface area contributed by atoms with Crippen LogP contribution in [0.25, 0.3) is 0 Å². The van der Waals surface area contributed by atoms with Gasteiger partial charge in [-0.25, -0.2) is 9.36 Å². The topological polar surface area (TPSA) is 136 Å². The van der Waals surface area contributed by atoms with Crippen LogP contribution in [0.15, 0.2) is 36.5 Å². The van der Waals surface area contributed by atoms with E-state index in [0.717, 1.165) is 51.4 Å². The van der Waals surface area contributed by atoms with Gasteiger partial charge in [-0.05, 0) is 38.5 Å². The summed E-state index contributed by atoms with van der Waals surface area (Å²) in [5.41, 5.74) is 5.35. The van der Waals surface area contributed by atoms with Crippen molar-refractivity contribution in [2.24, 2.45) is 5.73 Å². The van der Waals surface area contributed by atoms with E-state index in [1.165, 1.54) is 0 Å². The number of carbonyl (C=O) groups is 2. The molecule has 8 nitrogen and oxygen atoms in total. The van der Waals surface area contributed by atoms with Gasteiger partial charge >= 0.3 is 19.8 Å². The van der Waals surface area contributed by atoms with Gasteiger partial charge in [-0.1, -0.05) is 62.6 Å². The first kappa shape index (κ1) is 28.4. The molecule has 0 unspecified atom stereocenters. The molecule has 0 aliphatic heterocycles. The third-order valence-electron chi connectivity index (χ3n) is 3.97. The van der Waals surface area contributed by atoms with Gasteiger partial charge in [0, 0.05) is 6.42 Å². The maximum atomic E-state index is 11.6. The molecule has 0 aromatic heterocycles. The Labute approximate surface area is 179 Å². The van der Waals surface area contributed by atoms with E-state index < -0.39 is 32.4 Å². The van der Waals surface area contributed by atoms with E-state index in [9.17, 15) is 14.2 Å².